The van der Waals surface area contributed by atoms with Gasteiger partial charge in [0.2, 0.25) is 6.10 Å². The van der Waals surface area contributed by atoms with Crippen LogP contribution in [0.2, 0.25) is 0 Å². The van der Waals surface area contributed by atoms with Gasteiger partial charge in [0.05, 0.1) is 6.61 Å². The van der Waals surface area contributed by atoms with E-state index in [1.807, 2.05) is 19.9 Å². The average molecular weight is 438 g/mol. The number of rotatable bonds is 9. The van der Waals surface area contributed by atoms with Gasteiger partial charge in [0.15, 0.2) is 5.60 Å². The number of benzene rings is 2. The molecule has 0 amide bonds. The Labute approximate surface area is 187 Å². The van der Waals surface area contributed by atoms with Crippen molar-refractivity contribution in [1.29, 1.82) is 0 Å². The highest BCUT2D eigenvalue weighted by molar-refractivity contribution is 5.76. The first kappa shape index (κ1) is 23.3. The molecule has 0 fully saturated rings. The molecule has 6 nitrogen and oxygen atoms in total. The summed E-state index contributed by atoms with van der Waals surface area (Å²) in [5, 5.41) is 10.3. The van der Waals surface area contributed by atoms with Gasteiger partial charge in [0, 0.05) is 11.4 Å². The minimum absolute atomic E-state index is 0.0644. The van der Waals surface area contributed by atoms with E-state index in [2.05, 4.69) is 9.97 Å². The normalized spacial score (nSPS) is 14.1. The fraction of sp³-hybridized carbons (Fsp3) is 0.320. The number of nitrogens with zero attached hydrogens (tertiary/aromatic N) is 2. The number of carboxylic acids is 1. The van der Waals surface area contributed by atoms with Gasteiger partial charge in [-0.15, -0.1) is 0 Å². The number of aryl methyl sites for hydroxylation is 2. The molecular weight excluding hydrogens is 411 g/mol. The van der Waals surface area contributed by atoms with Crippen molar-refractivity contribution in [2.24, 2.45) is 5.92 Å². The van der Waals surface area contributed by atoms with Crippen LogP contribution in [0.5, 0.6) is 6.01 Å². The molecule has 0 aliphatic carbocycles. The number of aromatic nitrogens is 2. The van der Waals surface area contributed by atoms with E-state index in [4.69, 9.17) is 9.47 Å². The summed E-state index contributed by atoms with van der Waals surface area (Å²) in [6, 6.07) is 16.2. The van der Waals surface area contributed by atoms with Crippen LogP contribution >= 0.6 is 0 Å². The van der Waals surface area contributed by atoms with E-state index in [1.165, 1.54) is 24.3 Å². The predicted octanol–water partition coefficient (Wildman–Crippen LogP) is 4.68. The Bertz CT molecular complexity index is 1040. The van der Waals surface area contributed by atoms with E-state index in [1.54, 1.807) is 44.2 Å². The molecule has 1 heterocycles. The first-order valence-corrected chi connectivity index (χ1v) is 10.4. The van der Waals surface area contributed by atoms with Crippen LogP contribution in [0, 0.1) is 25.6 Å². The van der Waals surface area contributed by atoms with Crippen molar-refractivity contribution in [3.8, 4) is 6.01 Å². The second-order valence-electron chi connectivity index (χ2n) is 8.08. The molecule has 3 rings (SSSR count). The number of carbonyl (C=O) groups is 1. The topological polar surface area (TPSA) is 81.5 Å². The summed E-state index contributed by atoms with van der Waals surface area (Å²) in [6.07, 6.45) is -1.55. The Morgan fingerprint density at radius 1 is 1.00 bits per heavy atom. The number of hydrogen-bond acceptors (Lipinski definition) is 5. The molecule has 0 saturated heterocycles. The van der Waals surface area contributed by atoms with Crippen LogP contribution in [0.3, 0.4) is 0 Å². The van der Waals surface area contributed by atoms with Crippen molar-refractivity contribution in [2.45, 2.75) is 39.4 Å². The summed E-state index contributed by atoms with van der Waals surface area (Å²) < 4.78 is 26.1. The molecular formula is C25H27FN2O4. The molecule has 0 radical (unpaired) electrons. The monoisotopic (exact) mass is 438 g/mol. The summed E-state index contributed by atoms with van der Waals surface area (Å²) in [6.45, 7) is 7.72. The molecule has 0 spiro atoms. The third-order valence-corrected chi connectivity index (χ3v) is 4.90. The fourth-order valence-electron chi connectivity index (χ4n) is 3.55. The predicted molar refractivity (Wildman–Crippen MR) is 118 cm³/mol. The number of halogens is 1. The van der Waals surface area contributed by atoms with Crippen LogP contribution in [0.1, 0.15) is 36.4 Å². The summed E-state index contributed by atoms with van der Waals surface area (Å²) in [4.78, 5) is 21.2. The number of hydrogen-bond donors (Lipinski definition) is 1. The summed E-state index contributed by atoms with van der Waals surface area (Å²) >= 11 is 0. The largest absolute Gasteiger partial charge is 0.478 e. The van der Waals surface area contributed by atoms with Crippen LogP contribution in [0.15, 0.2) is 60.7 Å². The molecule has 0 aliphatic heterocycles. The van der Waals surface area contributed by atoms with Crippen LogP contribution in [-0.4, -0.2) is 33.8 Å². The molecule has 2 atom stereocenters. The van der Waals surface area contributed by atoms with E-state index >= 15 is 0 Å². The average Bonchev–Trinajstić information content (AvgIpc) is 2.74. The quantitative estimate of drug-likeness (QED) is 0.522. The maximum absolute atomic E-state index is 13.8. The minimum atomic E-state index is -1.58. The number of carboxylic acid groups (broad SMARTS) is 1. The first-order valence-electron chi connectivity index (χ1n) is 10.4. The highest BCUT2D eigenvalue weighted by Gasteiger charge is 2.50. The Morgan fingerprint density at radius 3 is 2.09 bits per heavy atom. The lowest BCUT2D eigenvalue weighted by Gasteiger charge is -2.39. The Morgan fingerprint density at radius 2 is 1.56 bits per heavy atom. The van der Waals surface area contributed by atoms with Gasteiger partial charge in [-0.25, -0.2) is 19.2 Å². The number of ether oxygens (including phenoxy) is 2. The Kier molecular flexibility index (Phi) is 7.20. The smallest absolute Gasteiger partial charge is 0.348 e. The highest BCUT2D eigenvalue weighted by atomic mass is 19.1. The molecule has 1 N–H and O–H groups in total. The third-order valence-electron chi connectivity index (χ3n) is 4.90. The lowest BCUT2D eigenvalue weighted by atomic mass is 9.80. The summed E-state index contributed by atoms with van der Waals surface area (Å²) in [7, 11) is 0. The van der Waals surface area contributed by atoms with Gasteiger partial charge in [0.1, 0.15) is 5.82 Å². The lowest BCUT2D eigenvalue weighted by molar-refractivity contribution is -0.165. The zero-order valence-corrected chi connectivity index (χ0v) is 18.6. The van der Waals surface area contributed by atoms with E-state index in [0.717, 1.165) is 0 Å². The second-order valence-corrected chi connectivity index (χ2v) is 8.08. The van der Waals surface area contributed by atoms with Crippen LogP contribution in [-0.2, 0) is 15.1 Å². The SMILES string of the molecule is Cc1cc(C)nc(OC(C(=O)O)C(OCC(C)C)(c2ccccc2)c2ccc(F)cc2)n1. The van der Waals surface area contributed by atoms with Crippen LogP contribution < -0.4 is 4.74 Å². The Balaban J connectivity index is 2.25. The fourth-order valence-corrected chi connectivity index (χ4v) is 3.55. The van der Waals surface area contributed by atoms with Crippen molar-refractivity contribution in [2.75, 3.05) is 6.61 Å². The molecule has 1 aromatic heterocycles. The van der Waals surface area contributed by atoms with Gasteiger partial charge in [-0.3, -0.25) is 0 Å². The first-order chi connectivity index (χ1) is 15.2. The molecule has 0 aliphatic rings. The zero-order valence-electron chi connectivity index (χ0n) is 18.6. The summed E-state index contributed by atoms with van der Waals surface area (Å²) in [5.41, 5.74) is 0.719. The maximum atomic E-state index is 13.8. The van der Waals surface area contributed by atoms with Gasteiger partial charge >= 0.3 is 12.0 Å². The molecule has 168 valence electrons. The van der Waals surface area contributed by atoms with Gasteiger partial charge < -0.3 is 14.6 Å². The molecule has 32 heavy (non-hydrogen) atoms. The van der Waals surface area contributed by atoms with E-state index < -0.39 is 23.5 Å². The molecule has 0 bridgehead atoms. The summed E-state index contributed by atoms with van der Waals surface area (Å²) in [5.74, 6) is -1.60. The van der Waals surface area contributed by atoms with Crippen LogP contribution in [0.25, 0.3) is 0 Å². The Hall–Kier alpha value is -3.32. The lowest BCUT2D eigenvalue weighted by Crippen LogP contribution is -2.51. The van der Waals surface area contributed by atoms with Crippen molar-refractivity contribution in [3.63, 3.8) is 0 Å². The third kappa shape index (κ3) is 5.11. The van der Waals surface area contributed by atoms with Crippen molar-refractivity contribution >= 4 is 5.97 Å². The highest BCUT2D eigenvalue weighted by Crippen LogP contribution is 2.39. The molecule has 3 aromatic rings. The van der Waals surface area contributed by atoms with Gasteiger partial charge in [-0.2, -0.15) is 0 Å². The molecule has 0 saturated carbocycles. The second kappa shape index (κ2) is 9.87. The standard InChI is InChI=1S/C25H27FN2O4/c1-16(2)15-31-25(19-8-6-5-7-9-19,20-10-12-21(26)13-11-20)22(23(29)30)32-24-27-17(3)14-18(4)28-24/h5-14,16,22H,15H2,1-4H3,(H,29,30). The van der Waals surface area contributed by atoms with Crippen LogP contribution in [0.4, 0.5) is 4.39 Å². The van der Waals surface area contributed by atoms with Gasteiger partial charge in [0.25, 0.3) is 0 Å². The van der Waals surface area contributed by atoms with Crippen molar-refractivity contribution in [3.05, 3.63) is 89.0 Å². The zero-order chi connectivity index (χ0) is 23.3. The van der Waals surface area contributed by atoms with E-state index in [-0.39, 0.29) is 18.5 Å². The van der Waals surface area contributed by atoms with E-state index in [9.17, 15) is 14.3 Å². The van der Waals surface area contributed by atoms with Gasteiger partial charge in [-0.05, 0) is 49.1 Å². The van der Waals surface area contributed by atoms with Gasteiger partial charge in [-0.1, -0.05) is 56.3 Å². The van der Waals surface area contributed by atoms with Crippen molar-refractivity contribution in [1.82, 2.24) is 9.97 Å². The molecule has 7 heteroatoms. The minimum Gasteiger partial charge on any atom is -0.478 e. The van der Waals surface area contributed by atoms with Crippen molar-refractivity contribution < 1.29 is 23.8 Å². The maximum Gasteiger partial charge on any atom is 0.348 e. The van der Waals surface area contributed by atoms with E-state index in [0.29, 0.717) is 22.5 Å². The number of aliphatic carboxylic acids is 1. The molecule has 2 aromatic carbocycles. The molecule has 2 unspecified atom stereocenters.